The van der Waals surface area contributed by atoms with Gasteiger partial charge in [0.25, 0.3) is 5.69 Å². The lowest BCUT2D eigenvalue weighted by Crippen LogP contribution is -2.12. The van der Waals surface area contributed by atoms with Gasteiger partial charge in [0.05, 0.1) is 4.92 Å². The van der Waals surface area contributed by atoms with E-state index in [2.05, 4.69) is 0 Å². The number of hydrogen-bond donors (Lipinski definition) is 0. The molecular weight excluding hydrogens is 362 g/mol. The Morgan fingerprint density at radius 1 is 1.12 bits per heavy atom. The number of rotatable bonds is 5. The van der Waals surface area contributed by atoms with Gasteiger partial charge in [-0.25, -0.2) is 4.79 Å². The van der Waals surface area contributed by atoms with Crippen molar-refractivity contribution in [2.24, 2.45) is 0 Å². The summed E-state index contributed by atoms with van der Waals surface area (Å²) in [5.74, 6) is -0.0691. The molecule has 0 amide bonds. The molecule has 2 aromatic carbocycles. The molecule has 0 saturated heterocycles. The number of fused-ring (bicyclic) bond motifs is 1. The van der Waals surface area contributed by atoms with Gasteiger partial charge in [0.15, 0.2) is 0 Å². The first-order valence-corrected chi connectivity index (χ1v) is 8.97. The molecule has 8 nitrogen and oxygen atoms in total. The van der Waals surface area contributed by atoms with E-state index in [0.29, 0.717) is 17.4 Å². The number of aryl methyl sites for hydroxylation is 1. The predicted molar refractivity (Wildman–Crippen MR) is 92.8 cm³/mol. The van der Waals surface area contributed by atoms with E-state index in [1.165, 1.54) is 42.5 Å². The highest BCUT2D eigenvalue weighted by molar-refractivity contribution is 7.87. The van der Waals surface area contributed by atoms with Crippen molar-refractivity contribution in [3.05, 3.63) is 74.6 Å². The lowest BCUT2D eigenvalue weighted by Gasteiger charge is -2.10. The van der Waals surface area contributed by atoms with Crippen LogP contribution in [0.5, 0.6) is 5.75 Å². The van der Waals surface area contributed by atoms with Crippen molar-refractivity contribution in [3.63, 3.8) is 0 Å². The minimum Gasteiger partial charge on any atom is -0.423 e. The molecule has 0 saturated carbocycles. The molecule has 0 spiro atoms. The highest BCUT2D eigenvalue weighted by Crippen LogP contribution is 2.27. The fraction of sp³-hybridized carbons (Fsp3) is 0.118. The van der Waals surface area contributed by atoms with E-state index >= 15 is 0 Å². The summed E-state index contributed by atoms with van der Waals surface area (Å²) in [5, 5.41) is 11.5. The van der Waals surface area contributed by atoms with E-state index in [1.807, 2.05) is 0 Å². The molecular formula is C17H13NO7S. The molecule has 0 fully saturated rings. The number of benzene rings is 2. The van der Waals surface area contributed by atoms with Crippen LogP contribution in [0.1, 0.15) is 12.5 Å². The van der Waals surface area contributed by atoms with Crippen molar-refractivity contribution in [2.45, 2.75) is 18.2 Å². The molecule has 0 unspecified atom stereocenters. The second kappa shape index (κ2) is 6.60. The van der Waals surface area contributed by atoms with Crippen LogP contribution in [0.25, 0.3) is 11.0 Å². The third-order valence-electron chi connectivity index (χ3n) is 3.71. The average molecular weight is 375 g/mol. The van der Waals surface area contributed by atoms with Crippen molar-refractivity contribution in [2.75, 3.05) is 0 Å². The molecule has 3 aromatic rings. The van der Waals surface area contributed by atoms with Gasteiger partial charge in [-0.15, -0.1) is 0 Å². The van der Waals surface area contributed by atoms with E-state index in [0.717, 1.165) is 6.07 Å². The molecule has 3 rings (SSSR count). The van der Waals surface area contributed by atoms with Gasteiger partial charge in [0.2, 0.25) is 0 Å². The Bertz CT molecular complexity index is 1170. The molecule has 0 atom stereocenters. The largest absolute Gasteiger partial charge is 0.423 e. The second-order valence-corrected chi connectivity index (χ2v) is 6.91. The van der Waals surface area contributed by atoms with E-state index in [-0.39, 0.29) is 21.9 Å². The quantitative estimate of drug-likeness (QED) is 0.291. The summed E-state index contributed by atoms with van der Waals surface area (Å²) in [7, 11) is -4.32. The number of nitrogens with zero attached hydrogens (tertiary/aromatic N) is 1. The lowest BCUT2D eigenvalue weighted by molar-refractivity contribution is -0.385. The fourth-order valence-electron chi connectivity index (χ4n) is 2.45. The summed E-state index contributed by atoms with van der Waals surface area (Å²) in [6.45, 7) is 1.73. The summed E-state index contributed by atoms with van der Waals surface area (Å²) in [6.07, 6.45) is 0.350. The zero-order chi connectivity index (χ0) is 18.9. The van der Waals surface area contributed by atoms with Gasteiger partial charge in [-0.1, -0.05) is 13.0 Å². The Morgan fingerprint density at radius 3 is 2.54 bits per heavy atom. The molecule has 0 aliphatic heterocycles. The van der Waals surface area contributed by atoms with Gasteiger partial charge < -0.3 is 8.60 Å². The topological polar surface area (TPSA) is 117 Å². The van der Waals surface area contributed by atoms with E-state index < -0.39 is 20.7 Å². The Labute approximate surface area is 147 Å². The highest BCUT2D eigenvalue weighted by atomic mass is 32.2. The summed E-state index contributed by atoms with van der Waals surface area (Å²) in [4.78, 5) is 21.3. The van der Waals surface area contributed by atoms with E-state index in [1.54, 1.807) is 6.92 Å². The smallest absolute Gasteiger partial charge is 0.339 e. The minimum absolute atomic E-state index is 0.0691. The van der Waals surface area contributed by atoms with Gasteiger partial charge in [-0.3, -0.25) is 10.1 Å². The third kappa shape index (κ3) is 3.42. The molecule has 0 N–H and O–H groups in total. The summed E-state index contributed by atoms with van der Waals surface area (Å²) < 4.78 is 35.3. The summed E-state index contributed by atoms with van der Waals surface area (Å²) >= 11 is 0. The summed E-state index contributed by atoms with van der Waals surface area (Å²) in [5.41, 5.74) is -0.374. The molecule has 0 radical (unpaired) electrons. The fourth-order valence-corrected chi connectivity index (χ4v) is 3.69. The standard InChI is InChI=1S/C17H13NO7S/c1-2-11-3-6-13(18(20)21)9-16(11)26(22,23)25-14-7-4-12-5-8-17(19)24-15(12)10-14/h3-10H,2H2,1H3. The maximum atomic E-state index is 12.6. The van der Waals surface area contributed by atoms with Crippen LogP contribution in [-0.2, 0) is 16.5 Å². The van der Waals surface area contributed by atoms with Crippen LogP contribution in [-0.4, -0.2) is 13.3 Å². The highest BCUT2D eigenvalue weighted by Gasteiger charge is 2.24. The zero-order valence-corrected chi connectivity index (χ0v) is 14.4. The van der Waals surface area contributed by atoms with Crippen molar-refractivity contribution in [1.82, 2.24) is 0 Å². The average Bonchev–Trinajstić information content (AvgIpc) is 2.60. The Morgan fingerprint density at radius 2 is 1.85 bits per heavy atom. The molecule has 0 bridgehead atoms. The van der Waals surface area contributed by atoms with Crippen LogP contribution in [0, 0.1) is 10.1 Å². The molecule has 134 valence electrons. The first-order valence-electron chi connectivity index (χ1n) is 7.56. The maximum absolute atomic E-state index is 12.6. The van der Waals surface area contributed by atoms with Crippen LogP contribution in [0.2, 0.25) is 0 Å². The van der Waals surface area contributed by atoms with Gasteiger partial charge in [-0.05, 0) is 30.2 Å². The zero-order valence-electron chi connectivity index (χ0n) is 13.5. The molecule has 0 aliphatic rings. The monoisotopic (exact) mass is 375 g/mol. The van der Waals surface area contributed by atoms with Crippen molar-refractivity contribution in [1.29, 1.82) is 0 Å². The SMILES string of the molecule is CCc1ccc([N+](=O)[O-])cc1S(=O)(=O)Oc1ccc2ccc(=O)oc2c1. The minimum atomic E-state index is -4.32. The Hall–Kier alpha value is -3.20. The van der Waals surface area contributed by atoms with Crippen LogP contribution >= 0.6 is 0 Å². The van der Waals surface area contributed by atoms with Gasteiger partial charge in [0, 0.05) is 29.7 Å². The molecule has 26 heavy (non-hydrogen) atoms. The number of non-ortho nitro benzene ring substituents is 1. The molecule has 1 heterocycles. The predicted octanol–water partition coefficient (Wildman–Crippen LogP) is 3.03. The van der Waals surface area contributed by atoms with Crippen LogP contribution in [0.3, 0.4) is 0 Å². The van der Waals surface area contributed by atoms with Gasteiger partial charge >= 0.3 is 15.7 Å². The van der Waals surface area contributed by atoms with Crippen LogP contribution in [0.4, 0.5) is 5.69 Å². The lowest BCUT2D eigenvalue weighted by atomic mass is 10.1. The Balaban J connectivity index is 2.05. The molecule has 0 aliphatic carbocycles. The Kier molecular flexibility index (Phi) is 4.47. The first kappa shape index (κ1) is 17.6. The summed E-state index contributed by atoms with van der Waals surface area (Å²) in [6, 6.07) is 10.6. The number of nitro groups is 1. The van der Waals surface area contributed by atoms with Crippen molar-refractivity contribution >= 4 is 26.8 Å². The van der Waals surface area contributed by atoms with Crippen LogP contribution in [0.15, 0.2) is 62.6 Å². The van der Waals surface area contributed by atoms with Gasteiger partial charge in [0.1, 0.15) is 16.2 Å². The van der Waals surface area contributed by atoms with Crippen molar-refractivity contribution in [3.8, 4) is 5.75 Å². The first-order chi connectivity index (χ1) is 12.3. The molecule has 1 aromatic heterocycles. The van der Waals surface area contributed by atoms with Crippen molar-refractivity contribution < 1.29 is 21.9 Å². The van der Waals surface area contributed by atoms with Gasteiger partial charge in [-0.2, -0.15) is 8.42 Å². The maximum Gasteiger partial charge on any atom is 0.339 e. The number of hydrogen-bond acceptors (Lipinski definition) is 7. The van der Waals surface area contributed by atoms with Crippen LogP contribution < -0.4 is 9.81 Å². The van der Waals surface area contributed by atoms with E-state index in [9.17, 15) is 23.3 Å². The van der Waals surface area contributed by atoms with E-state index in [4.69, 9.17) is 8.60 Å². The number of nitro benzene ring substituents is 1. The normalized spacial score (nSPS) is 11.4. The molecule has 9 heteroatoms. The third-order valence-corrected chi connectivity index (χ3v) is 5.04. The second-order valence-electron chi connectivity index (χ2n) is 5.39.